The van der Waals surface area contributed by atoms with Crippen molar-refractivity contribution >= 4 is 10.6 Å². The van der Waals surface area contributed by atoms with Gasteiger partial charge in [-0.25, -0.2) is 4.98 Å². The molecule has 0 spiro atoms. The maximum Gasteiger partial charge on any atom is 0.187 e. The molecule has 0 amide bonds. The molecule has 0 saturated heterocycles. The Kier molecular flexibility index (Phi) is 6.62. The number of aromatic nitrogens is 3. The lowest BCUT2D eigenvalue weighted by atomic mass is 10.1. The van der Waals surface area contributed by atoms with Crippen molar-refractivity contribution in [3.63, 3.8) is 0 Å². The van der Waals surface area contributed by atoms with Crippen LogP contribution in [0.25, 0.3) is 34.0 Å². The molecule has 0 bridgehead atoms. The molecule has 0 aliphatic heterocycles. The van der Waals surface area contributed by atoms with Crippen molar-refractivity contribution in [2.45, 2.75) is 37.5 Å². The molecule has 4 rings (SSSR count). The molecule has 0 radical (unpaired) electrons. The molecule has 0 aliphatic carbocycles. The third-order valence-corrected chi connectivity index (χ3v) is 7.76. The molecule has 0 unspecified atom stereocenters. The first-order valence-corrected chi connectivity index (χ1v) is 12.3. The summed E-state index contributed by atoms with van der Waals surface area (Å²) in [6.45, 7) is 6.28. The van der Waals surface area contributed by atoms with Gasteiger partial charge in [0, 0.05) is 29.0 Å². The Morgan fingerprint density at radius 3 is 2.24 bits per heavy atom. The predicted molar refractivity (Wildman–Crippen MR) is 132 cm³/mol. The zero-order valence-electron chi connectivity index (χ0n) is 19.1. The van der Waals surface area contributed by atoms with Crippen molar-refractivity contribution in [2.24, 2.45) is 0 Å². The zero-order valence-corrected chi connectivity index (χ0v) is 19.9. The molecule has 2 aromatic heterocycles. The van der Waals surface area contributed by atoms with Gasteiger partial charge in [-0.2, -0.15) is 10.6 Å². The quantitative estimate of drug-likeness (QED) is 0.307. The molecular formula is C25H28N4O3S. The molecule has 3 N–H and O–H groups in total. The first kappa shape index (κ1) is 23.1. The van der Waals surface area contributed by atoms with Crippen LogP contribution in [0.3, 0.4) is 0 Å². The highest BCUT2D eigenvalue weighted by molar-refractivity contribution is 8.24. The van der Waals surface area contributed by atoms with Crippen molar-refractivity contribution in [2.75, 3.05) is 7.05 Å². The Morgan fingerprint density at radius 1 is 0.970 bits per heavy atom. The summed E-state index contributed by atoms with van der Waals surface area (Å²) in [5.74, 6) is 0.543. The highest BCUT2D eigenvalue weighted by Gasteiger charge is 2.20. The van der Waals surface area contributed by atoms with Gasteiger partial charge in [0.1, 0.15) is 11.4 Å². The molecule has 2 aromatic carbocycles. The summed E-state index contributed by atoms with van der Waals surface area (Å²) in [5.41, 5.74) is 5.73. The van der Waals surface area contributed by atoms with Crippen LogP contribution in [0.1, 0.15) is 25.1 Å². The van der Waals surface area contributed by atoms with Crippen LogP contribution in [0.15, 0.2) is 70.2 Å². The molecule has 8 heteroatoms. The fourth-order valence-electron chi connectivity index (χ4n) is 3.44. The minimum absolute atomic E-state index is 0.255. The Labute approximate surface area is 195 Å². The molecule has 0 atom stereocenters. The van der Waals surface area contributed by atoms with Gasteiger partial charge in [-0.1, -0.05) is 41.6 Å². The van der Waals surface area contributed by atoms with E-state index in [0.717, 1.165) is 29.1 Å². The SMILES string of the molecule is CNCc1ccc(-c2cc(-c3nc(-c4ccc(S(O)(O)C(C)C)cc4)cnc3C)on2)cc1. The van der Waals surface area contributed by atoms with Gasteiger partial charge in [0.25, 0.3) is 0 Å². The van der Waals surface area contributed by atoms with Gasteiger partial charge in [0.2, 0.25) is 0 Å². The first-order chi connectivity index (χ1) is 15.8. The maximum absolute atomic E-state index is 10.4. The Hall–Kier alpha value is -3.04. The average Bonchev–Trinajstić information content (AvgIpc) is 3.30. The van der Waals surface area contributed by atoms with Gasteiger partial charge in [0.15, 0.2) is 5.76 Å². The van der Waals surface area contributed by atoms with E-state index in [1.54, 1.807) is 32.2 Å². The number of benzene rings is 2. The van der Waals surface area contributed by atoms with Gasteiger partial charge in [-0.05, 0) is 45.5 Å². The Bertz CT molecular complexity index is 1240. The van der Waals surface area contributed by atoms with Gasteiger partial charge >= 0.3 is 0 Å². The standard InChI is InChI=1S/C25H28N4O3S/c1-16(2)33(30,31)21-11-9-20(10-12-21)23-15-27-17(3)25(28-23)24-13-22(29-32-24)19-7-5-18(6-8-19)14-26-4/h5-13,15-16,26,30-31H,14H2,1-4H3. The highest BCUT2D eigenvalue weighted by Crippen LogP contribution is 2.52. The smallest absolute Gasteiger partial charge is 0.187 e. The number of nitrogens with zero attached hydrogens (tertiary/aromatic N) is 3. The van der Waals surface area contributed by atoms with E-state index >= 15 is 0 Å². The summed E-state index contributed by atoms with van der Waals surface area (Å²) in [6.07, 6.45) is 1.70. The van der Waals surface area contributed by atoms with Crippen LogP contribution >= 0.6 is 10.6 Å². The molecular weight excluding hydrogens is 436 g/mol. The van der Waals surface area contributed by atoms with Crippen LogP contribution in [0.5, 0.6) is 0 Å². The van der Waals surface area contributed by atoms with Crippen molar-refractivity contribution in [3.8, 4) is 34.0 Å². The van der Waals surface area contributed by atoms with Crippen LogP contribution < -0.4 is 5.32 Å². The fraction of sp³-hybridized carbons (Fsp3) is 0.240. The monoisotopic (exact) mass is 464 g/mol. The van der Waals surface area contributed by atoms with E-state index in [0.29, 0.717) is 22.0 Å². The minimum atomic E-state index is -2.83. The third kappa shape index (κ3) is 4.84. The molecule has 0 saturated carbocycles. The highest BCUT2D eigenvalue weighted by atomic mass is 32.3. The average molecular weight is 465 g/mol. The minimum Gasteiger partial charge on any atom is -0.354 e. The molecule has 4 aromatic rings. The maximum atomic E-state index is 10.4. The lowest BCUT2D eigenvalue weighted by Crippen LogP contribution is -2.10. The summed E-state index contributed by atoms with van der Waals surface area (Å²) >= 11 is 0. The number of aryl methyl sites for hydroxylation is 1. The second-order valence-electron chi connectivity index (χ2n) is 8.16. The summed E-state index contributed by atoms with van der Waals surface area (Å²) in [5, 5.41) is 7.11. The van der Waals surface area contributed by atoms with Crippen LogP contribution in [-0.4, -0.2) is 36.5 Å². The lowest BCUT2D eigenvalue weighted by Gasteiger charge is -2.36. The van der Waals surface area contributed by atoms with E-state index in [2.05, 4.69) is 27.6 Å². The van der Waals surface area contributed by atoms with Gasteiger partial charge in [-0.3, -0.25) is 14.1 Å². The predicted octanol–water partition coefficient (Wildman–Crippen LogP) is 6.01. The Morgan fingerprint density at radius 2 is 1.61 bits per heavy atom. The number of hydrogen-bond acceptors (Lipinski definition) is 7. The normalized spacial score (nSPS) is 12.3. The largest absolute Gasteiger partial charge is 0.354 e. The van der Waals surface area contributed by atoms with Gasteiger partial charge < -0.3 is 9.84 Å². The summed E-state index contributed by atoms with van der Waals surface area (Å²) in [4.78, 5) is 9.77. The van der Waals surface area contributed by atoms with E-state index in [9.17, 15) is 9.11 Å². The molecule has 2 heterocycles. The van der Waals surface area contributed by atoms with Crippen molar-refractivity contribution in [1.82, 2.24) is 20.4 Å². The van der Waals surface area contributed by atoms with Gasteiger partial charge in [-0.15, -0.1) is 0 Å². The number of nitrogens with one attached hydrogen (secondary N) is 1. The molecule has 7 nitrogen and oxygen atoms in total. The third-order valence-electron chi connectivity index (χ3n) is 5.48. The van der Waals surface area contributed by atoms with Crippen LogP contribution in [0.2, 0.25) is 0 Å². The van der Waals surface area contributed by atoms with E-state index in [1.807, 2.05) is 44.3 Å². The zero-order chi connectivity index (χ0) is 23.6. The van der Waals surface area contributed by atoms with Crippen LogP contribution in [0, 0.1) is 6.92 Å². The summed E-state index contributed by atoms with van der Waals surface area (Å²) < 4.78 is 26.4. The fourth-order valence-corrected chi connectivity index (χ4v) is 4.52. The lowest BCUT2D eigenvalue weighted by molar-refractivity contribution is 0.433. The second kappa shape index (κ2) is 9.44. The van der Waals surface area contributed by atoms with Crippen LogP contribution in [0.4, 0.5) is 0 Å². The molecule has 0 fully saturated rings. The van der Waals surface area contributed by atoms with E-state index in [-0.39, 0.29) is 5.25 Å². The van der Waals surface area contributed by atoms with E-state index < -0.39 is 10.6 Å². The number of rotatable bonds is 7. The Balaban J connectivity index is 1.62. The second-order valence-corrected chi connectivity index (χ2v) is 10.8. The van der Waals surface area contributed by atoms with E-state index in [4.69, 9.17) is 9.51 Å². The van der Waals surface area contributed by atoms with Crippen molar-refractivity contribution < 1.29 is 13.6 Å². The van der Waals surface area contributed by atoms with Crippen LogP contribution in [-0.2, 0) is 6.54 Å². The molecule has 0 aliphatic rings. The van der Waals surface area contributed by atoms with E-state index in [1.165, 1.54) is 5.56 Å². The first-order valence-electron chi connectivity index (χ1n) is 10.7. The topological polar surface area (TPSA) is 104 Å². The molecule has 33 heavy (non-hydrogen) atoms. The summed E-state index contributed by atoms with van der Waals surface area (Å²) in [6, 6.07) is 17.1. The number of hydrogen-bond donors (Lipinski definition) is 3. The van der Waals surface area contributed by atoms with Gasteiger partial charge in [0.05, 0.1) is 22.5 Å². The van der Waals surface area contributed by atoms with Crippen molar-refractivity contribution in [1.29, 1.82) is 0 Å². The van der Waals surface area contributed by atoms with Crippen molar-refractivity contribution in [3.05, 3.63) is 72.1 Å². The summed E-state index contributed by atoms with van der Waals surface area (Å²) in [7, 11) is -0.907. The molecule has 172 valence electrons.